The average molecular weight is 390 g/mol. The summed E-state index contributed by atoms with van der Waals surface area (Å²) in [6.07, 6.45) is 4.01. The Morgan fingerprint density at radius 1 is 0.828 bits per heavy atom. The van der Waals surface area contributed by atoms with Crippen LogP contribution in [0.25, 0.3) is 22.9 Å². The third kappa shape index (κ3) is 3.53. The number of carbonyl (C=O) groups excluding carboxylic acids is 1. The van der Waals surface area contributed by atoms with Crippen LogP contribution in [0.2, 0.25) is 0 Å². The molecule has 0 aromatic heterocycles. The quantitative estimate of drug-likeness (QED) is 0.381. The summed E-state index contributed by atoms with van der Waals surface area (Å²) >= 11 is 0. The molecule has 0 aliphatic heterocycles. The molecule has 7 nitrogen and oxygen atoms in total. The molecule has 3 aromatic rings. The molecule has 0 saturated carbocycles. The molecule has 3 aromatic carbocycles. The van der Waals surface area contributed by atoms with Crippen molar-refractivity contribution in [2.45, 2.75) is 0 Å². The predicted molar refractivity (Wildman–Crippen MR) is 104 cm³/mol. The van der Waals surface area contributed by atoms with Crippen molar-refractivity contribution >= 4 is 40.8 Å². The fraction of sp³-hybridized carbons (Fsp3) is 0.0455. The van der Waals surface area contributed by atoms with Crippen molar-refractivity contribution < 1.29 is 34.1 Å². The summed E-state index contributed by atoms with van der Waals surface area (Å²) in [4.78, 5) is 34.5. The van der Waals surface area contributed by atoms with Gasteiger partial charge in [0.05, 0.1) is 11.1 Å². The van der Waals surface area contributed by atoms with Crippen LogP contribution < -0.4 is 9.47 Å². The normalized spacial score (nSPS) is 11.4. The topological polar surface area (TPSA) is 110 Å². The van der Waals surface area contributed by atoms with Crippen LogP contribution in [-0.2, 0) is 4.79 Å². The van der Waals surface area contributed by atoms with Crippen molar-refractivity contribution in [2.24, 2.45) is 0 Å². The Labute approximate surface area is 164 Å². The van der Waals surface area contributed by atoms with Crippen LogP contribution in [0.1, 0.15) is 31.8 Å². The van der Waals surface area contributed by atoms with Crippen molar-refractivity contribution in [2.75, 3.05) is 6.61 Å². The second-order valence-corrected chi connectivity index (χ2v) is 6.38. The van der Waals surface area contributed by atoms with Gasteiger partial charge in [-0.3, -0.25) is 0 Å². The number of esters is 1. The Hall–Kier alpha value is -4.13. The molecule has 0 fully saturated rings. The second-order valence-electron chi connectivity index (χ2n) is 6.38. The van der Waals surface area contributed by atoms with E-state index in [1.807, 2.05) is 36.4 Å². The number of hydrogen-bond acceptors (Lipinski definition) is 5. The Morgan fingerprint density at radius 2 is 1.48 bits per heavy atom. The van der Waals surface area contributed by atoms with Gasteiger partial charge in [-0.15, -0.1) is 0 Å². The van der Waals surface area contributed by atoms with Crippen molar-refractivity contribution in [3.05, 3.63) is 70.8 Å². The molecule has 0 amide bonds. The first-order valence-electron chi connectivity index (χ1n) is 8.61. The number of hydrogen-bond donors (Lipinski definition) is 2. The Bertz CT molecular complexity index is 1160. The van der Waals surface area contributed by atoms with Gasteiger partial charge in [0.25, 0.3) is 0 Å². The van der Waals surface area contributed by atoms with Crippen LogP contribution in [0.3, 0.4) is 0 Å². The first-order valence-corrected chi connectivity index (χ1v) is 8.61. The van der Waals surface area contributed by atoms with E-state index < -0.39 is 24.5 Å². The van der Waals surface area contributed by atoms with Crippen molar-refractivity contribution in [1.82, 2.24) is 0 Å². The number of carbonyl (C=O) groups is 3. The molecule has 0 radical (unpaired) electrons. The van der Waals surface area contributed by atoms with Crippen LogP contribution in [0, 0.1) is 0 Å². The van der Waals surface area contributed by atoms with Gasteiger partial charge < -0.3 is 19.7 Å². The van der Waals surface area contributed by atoms with Gasteiger partial charge in [0.15, 0.2) is 6.61 Å². The van der Waals surface area contributed by atoms with E-state index in [2.05, 4.69) is 0 Å². The molecule has 0 saturated heterocycles. The lowest BCUT2D eigenvalue weighted by Gasteiger charge is -2.11. The SMILES string of the molecule is O=C(COc1ccc2c3c(cccc13)C=C2)Oc1cc(C(=O)O)cc(C(=O)O)c1. The average Bonchev–Trinajstić information content (AvgIpc) is 3.12. The lowest BCUT2D eigenvalue weighted by atomic mass is 10.0. The molecule has 144 valence electrons. The Balaban J connectivity index is 1.51. The smallest absolute Gasteiger partial charge is 0.349 e. The summed E-state index contributed by atoms with van der Waals surface area (Å²) in [5.74, 6) is -3.12. The Kier molecular flexibility index (Phi) is 4.48. The minimum Gasteiger partial charge on any atom is -0.481 e. The fourth-order valence-electron chi connectivity index (χ4n) is 3.22. The monoisotopic (exact) mass is 390 g/mol. The van der Waals surface area contributed by atoms with Crippen molar-refractivity contribution in [3.63, 3.8) is 0 Å². The van der Waals surface area contributed by atoms with Gasteiger partial charge in [0, 0.05) is 5.39 Å². The number of rotatable bonds is 6. The standard InChI is InChI=1S/C22H14O7/c23-19(29-16-9-14(21(24)25)8-15(10-16)22(26)27)11-28-18-7-6-13-5-4-12-2-1-3-17(18)20(12)13/h1-10H,11H2,(H,24,25)(H,26,27). The van der Waals surface area contributed by atoms with Crippen molar-refractivity contribution in [1.29, 1.82) is 0 Å². The maximum atomic E-state index is 12.2. The third-order valence-corrected chi connectivity index (χ3v) is 4.49. The molecule has 0 heterocycles. The van der Waals surface area contributed by atoms with Gasteiger partial charge in [0.2, 0.25) is 0 Å². The molecule has 1 aliphatic rings. The largest absolute Gasteiger partial charge is 0.481 e. The highest BCUT2D eigenvalue weighted by molar-refractivity contribution is 6.07. The van der Waals surface area contributed by atoms with Gasteiger partial charge >= 0.3 is 17.9 Å². The fourth-order valence-corrected chi connectivity index (χ4v) is 3.22. The molecule has 1 aliphatic carbocycles. The van der Waals surface area contributed by atoms with Gasteiger partial charge in [-0.05, 0) is 40.8 Å². The zero-order valence-corrected chi connectivity index (χ0v) is 14.9. The maximum Gasteiger partial charge on any atom is 0.349 e. The number of benzene rings is 3. The summed E-state index contributed by atoms with van der Waals surface area (Å²) in [6, 6.07) is 12.6. The summed E-state index contributed by atoms with van der Waals surface area (Å²) in [6.45, 7) is -0.425. The summed E-state index contributed by atoms with van der Waals surface area (Å²) < 4.78 is 10.7. The first-order chi connectivity index (χ1) is 13.9. The van der Waals surface area contributed by atoms with Gasteiger partial charge in [-0.1, -0.05) is 36.4 Å². The number of carboxylic acid groups (broad SMARTS) is 2. The van der Waals surface area contributed by atoms with Crippen molar-refractivity contribution in [3.8, 4) is 11.5 Å². The van der Waals surface area contributed by atoms with E-state index in [-0.39, 0.29) is 16.9 Å². The summed E-state index contributed by atoms with van der Waals surface area (Å²) in [5, 5.41) is 20.1. The zero-order chi connectivity index (χ0) is 20.5. The highest BCUT2D eigenvalue weighted by Gasteiger charge is 2.16. The van der Waals surface area contributed by atoms with Crippen LogP contribution in [0.5, 0.6) is 11.5 Å². The predicted octanol–water partition coefficient (Wildman–Crippen LogP) is 3.70. The Morgan fingerprint density at radius 3 is 2.14 bits per heavy atom. The van der Waals surface area contributed by atoms with E-state index in [0.29, 0.717) is 5.75 Å². The lowest BCUT2D eigenvalue weighted by molar-refractivity contribution is -0.136. The van der Waals surface area contributed by atoms with E-state index in [4.69, 9.17) is 19.7 Å². The van der Waals surface area contributed by atoms with Crippen LogP contribution in [-0.4, -0.2) is 34.7 Å². The highest BCUT2D eigenvalue weighted by Crippen LogP contribution is 2.36. The molecule has 29 heavy (non-hydrogen) atoms. The van der Waals surface area contributed by atoms with Gasteiger partial charge in [-0.25, -0.2) is 14.4 Å². The number of ether oxygens (including phenoxy) is 2. The zero-order valence-electron chi connectivity index (χ0n) is 14.9. The van der Waals surface area contributed by atoms with E-state index in [1.54, 1.807) is 6.07 Å². The molecular weight excluding hydrogens is 376 g/mol. The molecule has 2 N–H and O–H groups in total. The van der Waals surface area contributed by atoms with Gasteiger partial charge in [-0.2, -0.15) is 0 Å². The van der Waals surface area contributed by atoms with Crippen LogP contribution in [0.15, 0.2) is 48.5 Å². The van der Waals surface area contributed by atoms with Crippen LogP contribution >= 0.6 is 0 Å². The second kappa shape index (κ2) is 7.12. The highest BCUT2D eigenvalue weighted by atomic mass is 16.6. The van der Waals surface area contributed by atoms with Crippen LogP contribution in [0.4, 0.5) is 0 Å². The molecule has 0 bridgehead atoms. The molecule has 4 rings (SSSR count). The molecule has 0 atom stereocenters. The van der Waals surface area contributed by atoms with Gasteiger partial charge in [0.1, 0.15) is 11.5 Å². The molecular formula is C22H14O7. The molecule has 0 spiro atoms. The minimum absolute atomic E-state index is 0.180. The summed E-state index contributed by atoms with van der Waals surface area (Å²) in [5.41, 5.74) is 1.54. The maximum absolute atomic E-state index is 12.2. The number of carboxylic acids is 2. The lowest BCUT2D eigenvalue weighted by Crippen LogP contribution is -2.18. The number of aromatic carboxylic acids is 2. The summed E-state index contributed by atoms with van der Waals surface area (Å²) in [7, 11) is 0. The third-order valence-electron chi connectivity index (χ3n) is 4.49. The van der Waals surface area contributed by atoms with E-state index in [0.717, 1.165) is 40.1 Å². The minimum atomic E-state index is -1.33. The first kappa shape index (κ1) is 18.2. The van der Waals surface area contributed by atoms with E-state index in [1.165, 1.54) is 0 Å². The molecule has 0 unspecified atom stereocenters. The van der Waals surface area contributed by atoms with E-state index in [9.17, 15) is 14.4 Å². The molecule has 7 heteroatoms. The van der Waals surface area contributed by atoms with E-state index >= 15 is 0 Å².